The van der Waals surface area contributed by atoms with Crippen LogP contribution in [0.4, 0.5) is 0 Å². The highest BCUT2D eigenvalue weighted by molar-refractivity contribution is 5.92. The second-order valence-electron chi connectivity index (χ2n) is 5.57. The predicted octanol–water partition coefficient (Wildman–Crippen LogP) is 2.54. The predicted molar refractivity (Wildman–Crippen MR) is 81.4 cm³/mol. The second-order valence-corrected chi connectivity index (χ2v) is 5.57. The van der Waals surface area contributed by atoms with Gasteiger partial charge in [0.1, 0.15) is 0 Å². The van der Waals surface area contributed by atoms with Crippen LogP contribution in [-0.2, 0) is 0 Å². The van der Waals surface area contributed by atoms with Crippen molar-refractivity contribution >= 4 is 5.91 Å². The third-order valence-electron chi connectivity index (χ3n) is 4.13. The Hall–Kier alpha value is -2.08. The molecular weight excluding hydrogens is 282 g/mol. The lowest BCUT2D eigenvalue weighted by atomic mass is 10.2. The molecule has 1 N–H and O–H groups in total. The number of nitrogens with zero attached hydrogens (tertiary/aromatic N) is 2. The van der Waals surface area contributed by atoms with Crippen molar-refractivity contribution < 1.29 is 13.7 Å². The maximum absolute atomic E-state index is 12.2. The molecule has 6 nitrogen and oxygen atoms in total. The quantitative estimate of drug-likeness (QED) is 0.888. The van der Waals surface area contributed by atoms with Gasteiger partial charge in [-0.3, -0.25) is 9.69 Å². The minimum absolute atomic E-state index is 0.209. The average Bonchev–Trinajstić information content (AvgIpc) is 3.27. The van der Waals surface area contributed by atoms with Crippen LogP contribution < -0.4 is 5.32 Å². The molecule has 22 heavy (non-hydrogen) atoms. The highest BCUT2D eigenvalue weighted by atomic mass is 16.5. The largest absolute Gasteiger partial charge is 0.461 e. The highest BCUT2D eigenvalue weighted by Crippen LogP contribution is 2.20. The number of aromatic nitrogens is 1. The van der Waals surface area contributed by atoms with Crippen molar-refractivity contribution in [2.45, 2.75) is 32.2 Å². The van der Waals surface area contributed by atoms with Crippen molar-refractivity contribution in [2.24, 2.45) is 0 Å². The lowest BCUT2D eigenvalue weighted by Gasteiger charge is -2.26. The van der Waals surface area contributed by atoms with Gasteiger partial charge in [-0.1, -0.05) is 12.1 Å². The summed E-state index contributed by atoms with van der Waals surface area (Å²) in [4.78, 5) is 14.6. The molecule has 1 aliphatic heterocycles. The Balaban J connectivity index is 1.57. The molecule has 2 aromatic rings. The third kappa shape index (κ3) is 3.22. The monoisotopic (exact) mass is 303 g/mol. The van der Waals surface area contributed by atoms with Crippen LogP contribution in [-0.4, -0.2) is 41.6 Å². The second kappa shape index (κ2) is 6.79. The molecule has 0 saturated carbocycles. The Morgan fingerprint density at radius 3 is 2.91 bits per heavy atom. The van der Waals surface area contributed by atoms with Crippen LogP contribution >= 0.6 is 0 Å². The summed E-state index contributed by atoms with van der Waals surface area (Å²) in [6.07, 6.45) is 5.08. The summed E-state index contributed by atoms with van der Waals surface area (Å²) in [7, 11) is 0. The molecule has 6 heteroatoms. The summed E-state index contributed by atoms with van der Waals surface area (Å²) >= 11 is 0. The van der Waals surface area contributed by atoms with Gasteiger partial charge in [-0.15, -0.1) is 0 Å². The molecule has 1 atom stereocenters. The fourth-order valence-electron chi connectivity index (χ4n) is 2.86. The fourth-order valence-corrected chi connectivity index (χ4v) is 2.86. The van der Waals surface area contributed by atoms with Crippen LogP contribution in [0, 0.1) is 0 Å². The number of rotatable bonds is 6. The molecule has 1 fully saturated rings. The van der Waals surface area contributed by atoms with E-state index in [1.54, 1.807) is 24.5 Å². The van der Waals surface area contributed by atoms with Crippen LogP contribution in [0.1, 0.15) is 36.7 Å². The van der Waals surface area contributed by atoms with Gasteiger partial charge in [-0.05, 0) is 44.5 Å². The summed E-state index contributed by atoms with van der Waals surface area (Å²) in [5.74, 6) is 0.816. The molecule has 0 unspecified atom stereocenters. The zero-order valence-electron chi connectivity index (χ0n) is 12.7. The smallest absolute Gasteiger partial charge is 0.273 e. The van der Waals surface area contributed by atoms with Crippen molar-refractivity contribution in [3.8, 4) is 11.5 Å². The van der Waals surface area contributed by atoms with E-state index in [0.29, 0.717) is 24.1 Å². The Morgan fingerprint density at radius 2 is 2.23 bits per heavy atom. The molecule has 0 spiro atoms. The van der Waals surface area contributed by atoms with Gasteiger partial charge in [-0.25, -0.2) is 0 Å². The molecule has 0 aromatic carbocycles. The van der Waals surface area contributed by atoms with Crippen LogP contribution in [0.2, 0.25) is 0 Å². The summed E-state index contributed by atoms with van der Waals surface area (Å²) in [6, 6.07) is 5.52. The molecule has 2 aromatic heterocycles. The van der Waals surface area contributed by atoms with Crippen molar-refractivity contribution in [1.82, 2.24) is 15.4 Å². The normalized spacial score (nSPS) is 16.8. The number of furan rings is 1. The number of carbonyl (C=O) groups is 1. The van der Waals surface area contributed by atoms with Crippen LogP contribution in [0.5, 0.6) is 0 Å². The van der Waals surface area contributed by atoms with E-state index >= 15 is 0 Å². The van der Waals surface area contributed by atoms with Crippen LogP contribution in [0.3, 0.4) is 0 Å². The summed E-state index contributed by atoms with van der Waals surface area (Å²) in [5.41, 5.74) is 0.280. The first kappa shape index (κ1) is 14.8. The zero-order valence-corrected chi connectivity index (χ0v) is 12.7. The van der Waals surface area contributed by atoms with Gasteiger partial charge < -0.3 is 14.3 Å². The fraction of sp³-hybridized carbons (Fsp3) is 0.500. The van der Waals surface area contributed by atoms with E-state index in [4.69, 9.17) is 8.94 Å². The summed E-state index contributed by atoms with van der Waals surface area (Å²) in [5, 5.41) is 6.76. The molecule has 0 bridgehead atoms. The summed E-state index contributed by atoms with van der Waals surface area (Å²) < 4.78 is 10.4. The standard InChI is InChI=1S/C16H21N3O3/c1-2-12(19-7-3-4-8-19)11-17-16(20)13-10-15(22-18-13)14-6-5-9-21-14/h5-6,9-10,12H,2-4,7-8,11H2,1H3,(H,17,20)/t12-/m1/s1. The molecule has 3 rings (SSSR count). The molecule has 0 radical (unpaired) electrons. The Kier molecular flexibility index (Phi) is 4.58. The summed E-state index contributed by atoms with van der Waals surface area (Å²) in [6.45, 7) is 5.04. The molecule has 3 heterocycles. The lowest BCUT2D eigenvalue weighted by Crippen LogP contribution is -2.42. The first-order valence-electron chi connectivity index (χ1n) is 7.80. The van der Waals surface area contributed by atoms with E-state index in [2.05, 4.69) is 22.3 Å². The number of hydrogen-bond donors (Lipinski definition) is 1. The van der Waals surface area contributed by atoms with E-state index in [1.807, 2.05) is 0 Å². The van der Waals surface area contributed by atoms with Crippen molar-refractivity contribution in [1.29, 1.82) is 0 Å². The maximum Gasteiger partial charge on any atom is 0.273 e. The van der Waals surface area contributed by atoms with E-state index in [-0.39, 0.29) is 11.6 Å². The molecule has 1 saturated heterocycles. The van der Waals surface area contributed by atoms with Gasteiger partial charge >= 0.3 is 0 Å². The molecular formula is C16H21N3O3. The Bertz CT molecular complexity index is 600. The Labute approximate surface area is 129 Å². The molecule has 1 aliphatic rings. The Morgan fingerprint density at radius 1 is 1.41 bits per heavy atom. The van der Waals surface area contributed by atoms with E-state index in [9.17, 15) is 4.79 Å². The number of likely N-dealkylation sites (tertiary alicyclic amines) is 1. The number of hydrogen-bond acceptors (Lipinski definition) is 5. The van der Waals surface area contributed by atoms with Gasteiger partial charge in [0.05, 0.1) is 6.26 Å². The highest BCUT2D eigenvalue weighted by Gasteiger charge is 2.22. The third-order valence-corrected chi connectivity index (χ3v) is 4.13. The van der Waals surface area contributed by atoms with E-state index in [0.717, 1.165) is 19.5 Å². The SMILES string of the molecule is CC[C@H](CNC(=O)c1cc(-c2ccco2)on1)N1CCCC1. The van der Waals surface area contributed by atoms with Crippen molar-refractivity contribution in [3.05, 3.63) is 30.2 Å². The number of amides is 1. The van der Waals surface area contributed by atoms with Crippen LogP contribution in [0.25, 0.3) is 11.5 Å². The zero-order chi connectivity index (χ0) is 15.4. The van der Waals surface area contributed by atoms with Crippen molar-refractivity contribution in [2.75, 3.05) is 19.6 Å². The first-order valence-corrected chi connectivity index (χ1v) is 7.80. The van der Waals surface area contributed by atoms with Gasteiger partial charge in [0.2, 0.25) is 5.76 Å². The molecule has 1 amide bonds. The lowest BCUT2D eigenvalue weighted by molar-refractivity contribution is 0.0928. The van der Waals surface area contributed by atoms with Gasteiger partial charge in [0.15, 0.2) is 11.5 Å². The van der Waals surface area contributed by atoms with Gasteiger partial charge in [0.25, 0.3) is 5.91 Å². The molecule has 118 valence electrons. The molecule has 0 aliphatic carbocycles. The number of nitrogens with one attached hydrogen (secondary N) is 1. The van der Waals surface area contributed by atoms with Crippen LogP contribution in [0.15, 0.2) is 33.4 Å². The van der Waals surface area contributed by atoms with Crippen molar-refractivity contribution in [3.63, 3.8) is 0 Å². The minimum atomic E-state index is -0.209. The van der Waals surface area contributed by atoms with E-state index in [1.165, 1.54) is 12.8 Å². The van der Waals surface area contributed by atoms with Gasteiger partial charge in [-0.2, -0.15) is 0 Å². The number of carbonyl (C=O) groups excluding carboxylic acids is 1. The topological polar surface area (TPSA) is 71.5 Å². The maximum atomic E-state index is 12.2. The van der Waals surface area contributed by atoms with Gasteiger partial charge in [0, 0.05) is 18.7 Å². The first-order chi connectivity index (χ1) is 10.8. The average molecular weight is 303 g/mol. The van der Waals surface area contributed by atoms with E-state index < -0.39 is 0 Å². The minimum Gasteiger partial charge on any atom is -0.461 e.